The molecule has 1 saturated heterocycles. The summed E-state index contributed by atoms with van der Waals surface area (Å²) >= 11 is 1.83. The van der Waals surface area contributed by atoms with Crippen LogP contribution in [0.5, 0.6) is 0 Å². The van der Waals surface area contributed by atoms with Gasteiger partial charge in [-0.3, -0.25) is 15.0 Å². The minimum absolute atomic E-state index is 0.586. The molecule has 0 spiro atoms. The van der Waals surface area contributed by atoms with Crippen LogP contribution in [0.15, 0.2) is 45.3 Å². The Kier molecular flexibility index (Phi) is 6.58. The van der Waals surface area contributed by atoms with Crippen molar-refractivity contribution in [2.75, 3.05) is 39.3 Å². The Bertz CT molecular complexity index is 880. The maximum Gasteiger partial charge on any atom is 0.216 e. The third-order valence-electron chi connectivity index (χ3n) is 4.85. The first-order valence-electron chi connectivity index (χ1n) is 10.0. The van der Waals surface area contributed by atoms with Crippen LogP contribution in [-0.2, 0) is 13.0 Å². The van der Waals surface area contributed by atoms with Gasteiger partial charge >= 0.3 is 0 Å². The number of rotatable bonds is 7. The molecule has 0 saturated carbocycles. The maximum absolute atomic E-state index is 5.34. The molecule has 3 aromatic heterocycles. The van der Waals surface area contributed by atoms with Gasteiger partial charge in [-0.1, -0.05) is 6.07 Å². The summed E-state index contributed by atoms with van der Waals surface area (Å²) < 4.78 is 5.34. The number of hydrogen-bond acceptors (Lipinski definition) is 6. The summed E-state index contributed by atoms with van der Waals surface area (Å²) in [5.41, 5.74) is 0. The number of aromatic nitrogens is 3. The average Bonchev–Trinajstić information content (AvgIpc) is 3.50. The molecule has 0 radical (unpaired) electrons. The zero-order valence-electron chi connectivity index (χ0n) is 16.7. The predicted octanol–water partition coefficient (Wildman–Crippen LogP) is 2.45. The van der Waals surface area contributed by atoms with Crippen molar-refractivity contribution in [2.45, 2.75) is 19.9 Å². The van der Waals surface area contributed by atoms with Crippen molar-refractivity contribution in [3.05, 3.63) is 46.6 Å². The van der Waals surface area contributed by atoms with Gasteiger partial charge in [-0.05, 0) is 30.5 Å². The molecule has 0 aromatic carbocycles. The van der Waals surface area contributed by atoms with Crippen molar-refractivity contribution >= 4 is 17.3 Å². The molecule has 1 fully saturated rings. The number of furan rings is 1. The molecule has 154 valence electrons. The summed E-state index contributed by atoms with van der Waals surface area (Å²) in [6.07, 6.45) is 2.33. The van der Waals surface area contributed by atoms with E-state index in [1.807, 2.05) is 23.5 Å². The number of H-pyrrole nitrogens is 1. The molecule has 1 aliphatic heterocycles. The molecule has 3 aromatic rings. The lowest BCUT2D eigenvalue weighted by Crippen LogP contribution is -2.52. The van der Waals surface area contributed by atoms with Gasteiger partial charge in [0.25, 0.3) is 0 Å². The predicted molar refractivity (Wildman–Crippen MR) is 115 cm³/mol. The quantitative estimate of drug-likeness (QED) is 0.457. The van der Waals surface area contributed by atoms with Crippen LogP contribution in [0, 0.1) is 0 Å². The number of nitrogens with zero attached hydrogens (tertiary/aromatic N) is 5. The molecule has 4 heterocycles. The third-order valence-corrected chi connectivity index (χ3v) is 5.71. The van der Waals surface area contributed by atoms with Gasteiger partial charge in [-0.2, -0.15) is 5.10 Å². The van der Waals surface area contributed by atoms with Gasteiger partial charge in [-0.25, -0.2) is 4.98 Å². The fourth-order valence-electron chi connectivity index (χ4n) is 3.36. The summed E-state index contributed by atoms with van der Waals surface area (Å²) in [6, 6.07) is 8.02. The summed E-state index contributed by atoms with van der Waals surface area (Å²) in [7, 11) is 0. The number of aliphatic imine (C=N–C) groups is 1. The molecule has 8 nitrogen and oxygen atoms in total. The van der Waals surface area contributed by atoms with Gasteiger partial charge in [-0.15, -0.1) is 11.3 Å². The second-order valence-electron chi connectivity index (χ2n) is 6.91. The van der Waals surface area contributed by atoms with Gasteiger partial charge in [0, 0.05) is 57.1 Å². The molecule has 1 aliphatic rings. The molecular weight excluding hydrogens is 386 g/mol. The van der Waals surface area contributed by atoms with Crippen LogP contribution < -0.4 is 5.32 Å². The highest BCUT2D eigenvalue weighted by atomic mass is 32.1. The highest BCUT2D eigenvalue weighted by molar-refractivity contribution is 7.09. The van der Waals surface area contributed by atoms with Gasteiger partial charge < -0.3 is 14.6 Å². The number of piperazine rings is 1. The molecule has 2 N–H and O–H groups in total. The monoisotopic (exact) mass is 413 g/mol. The highest BCUT2D eigenvalue weighted by Crippen LogP contribution is 2.15. The zero-order valence-corrected chi connectivity index (χ0v) is 17.5. The number of aromatic amines is 1. The van der Waals surface area contributed by atoms with Gasteiger partial charge in [0.1, 0.15) is 5.82 Å². The first kappa shape index (κ1) is 19.7. The SMILES string of the molecule is CCNC(=NCCc1nc(-c2ccco2)n[nH]1)N1CCN(Cc2cccs2)CC1. The van der Waals surface area contributed by atoms with E-state index < -0.39 is 0 Å². The molecule has 0 atom stereocenters. The minimum Gasteiger partial charge on any atom is -0.461 e. The Hall–Kier alpha value is -2.65. The molecule has 29 heavy (non-hydrogen) atoms. The molecule has 0 unspecified atom stereocenters. The van der Waals surface area contributed by atoms with E-state index in [0.29, 0.717) is 24.6 Å². The Balaban J connectivity index is 1.29. The zero-order chi connectivity index (χ0) is 19.9. The van der Waals surface area contributed by atoms with Crippen molar-refractivity contribution in [3.8, 4) is 11.6 Å². The average molecular weight is 414 g/mol. The van der Waals surface area contributed by atoms with E-state index in [1.165, 1.54) is 4.88 Å². The van der Waals surface area contributed by atoms with Crippen LogP contribution in [0.1, 0.15) is 17.6 Å². The topological polar surface area (TPSA) is 85.6 Å². The number of nitrogens with one attached hydrogen (secondary N) is 2. The summed E-state index contributed by atoms with van der Waals surface area (Å²) in [4.78, 5) is 15.6. The van der Waals surface area contributed by atoms with E-state index >= 15 is 0 Å². The second-order valence-corrected chi connectivity index (χ2v) is 7.94. The Morgan fingerprint density at radius 2 is 2.17 bits per heavy atom. The van der Waals surface area contributed by atoms with Gasteiger partial charge in [0.15, 0.2) is 11.7 Å². The fraction of sp³-hybridized carbons (Fsp3) is 0.450. The highest BCUT2D eigenvalue weighted by Gasteiger charge is 2.19. The van der Waals surface area contributed by atoms with Crippen molar-refractivity contribution in [1.82, 2.24) is 30.3 Å². The molecule has 0 amide bonds. The van der Waals surface area contributed by atoms with Crippen LogP contribution in [0.25, 0.3) is 11.6 Å². The van der Waals surface area contributed by atoms with Crippen molar-refractivity contribution < 1.29 is 4.42 Å². The summed E-state index contributed by atoms with van der Waals surface area (Å²) in [5, 5.41) is 12.8. The Morgan fingerprint density at radius 3 is 2.90 bits per heavy atom. The van der Waals surface area contributed by atoms with E-state index in [4.69, 9.17) is 9.41 Å². The van der Waals surface area contributed by atoms with Crippen LogP contribution in [0.4, 0.5) is 0 Å². The maximum atomic E-state index is 5.34. The van der Waals surface area contributed by atoms with Crippen LogP contribution >= 0.6 is 11.3 Å². The smallest absolute Gasteiger partial charge is 0.216 e. The third kappa shape index (κ3) is 5.24. The van der Waals surface area contributed by atoms with Crippen molar-refractivity contribution in [3.63, 3.8) is 0 Å². The van der Waals surface area contributed by atoms with E-state index in [1.54, 1.807) is 6.26 Å². The number of guanidine groups is 1. The molecular formula is C20H27N7OS. The summed E-state index contributed by atoms with van der Waals surface area (Å²) in [6.45, 7) is 8.75. The number of hydrogen-bond donors (Lipinski definition) is 2. The largest absolute Gasteiger partial charge is 0.461 e. The lowest BCUT2D eigenvalue weighted by Gasteiger charge is -2.36. The standard InChI is InChI=1S/C20H27N7OS/c1-2-21-20(27-11-9-26(10-12-27)15-16-5-4-14-29-16)22-8-7-18-23-19(25-24-18)17-6-3-13-28-17/h3-6,13-14H,2,7-12,15H2,1H3,(H,21,22)(H,23,24,25). The summed E-state index contributed by atoms with van der Waals surface area (Å²) in [5.74, 6) is 3.05. The molecule has 9 heteroatoms. The van der Waals surface area contributed by atoms with Gasteiger partial charge in [0.05, 0.1) is 6.26 Å². The fourth-order valence-corrected chi connectivity index (χ4v) is 4.10. The minimum atomic E-state index is 0.586. The van der Waals surface area contributed by atoms with E-state index in [0.717, 1.165) is 51.1 Å². The van der Waals surface area contributed by atoms with Crippen LogP contribution in [0.2, 0.25) is 0 Å². The first-order chi connectivity index (χ1) is 14.3. The first-order valence-corrected chi connectivity index (χ1v) is 10.9. The lowest BCUT2D eigenvalue weighted by molar-refractivity contribution is 0.173. The Labute approximate surface area is 174 Å². The van der Waals surface area contributed by atoms with Crippen LogP contribution in [-0.4, -0.2) is 70.2 Å². The molecule has 0 aliphatic carbocycles. The van der Waals surface area contributed by atoms with E-state index in [2.05, 4.69) is 54.7 Å². The van der Waals surface area contributed by atoms with E-state index in [9.17, 15) is 0 Å². The van der Waals surface area contributed by atoms with Crippen molar-refractivity contribution in [2.24, 2.45) is 4.99 Å². The number of thiophene rings is 1. The normalized spacial score (nSPS) is 15.8. The van der Waals surface area contributed by atoms with Crippen molar-refractivity contribution in [1.29, 1.82) is 0 Å². The van der Waals surface area contributed by atoms with Gasteiger partial charge in [0.2, 0.25) is 5.82 Å². The molecule has 4 rings (SSSR count). The van der Waals surface area contributed by atoms with Crippen LogP contribution in [0.3, 0.4) is 0 Å². The Morgan fingerprint density at radius 1 is 1.28 bits per heavy atom. The lowest BCUT2D eigenvalue weighted by atomic mass is 10.3. The second kappa shape index (κ2) is 9.71. The van der Waals surface area contributed by atoms with E-state index in [-0.39, 0.29) is 0 Å². The molecule has 0 bridgehead atoms.